The monoisotopic (exact) mass is 251 g/mol. The summed E-state index contributed by atoms with van der Waals surface area (Å²) in [4.78, 5) is 15.6. The van der Waals surface area contributed by atoms with E-state index in [2.05, 4.69) is 20.4 Å². The van der Waals surface area contributed by atoms with Crippen LogP contribution in [0.3, 0.4) is 0 Å². The van der Waals surface area contributed by atoms with Crippen LogP contribution in [0.2, 0.25) is 0 Å². The maximum absolute atomic E-state index is 11.4. The lowest BCUT2D eigenvalue weighted by molar-refractivity contribution is 0.0600. The Bertz CT molecular complexity index is 425. The van der Waals surface area contributed by atoms with E-state index in [-0.39, 0.29) is 18.1 Å². The van der Waals surface area contributed by atoms with Gasteiger partial charge in [0.05, 0.1) is 24.8 Å². The van der Waals surface area contributed by atoms with E-state index in [1.807, 2.05) is 0 Å². The molecule has 0 spiro atoms. The van der Waals surface area contributed by atoms with Crippen LogP contribution in [0.4, 0.5) is 5.82 Å². The molecular weight excluding hydrogens is 234 g/mol. The maximum Gasteiger partial charge on any atom is 0.338 e. The van der Waals surface area contributed by atoms with E-state index in [1.54, 1.807) is 25.4 Å². The molecular formula is C12H17N3O3. The van der Waals surface area contributed by atoms with E-state index in [1.165, 1.54) is 7.11 Å². The highest BCUT2D eigenvalue weighted by Crippen LogP contribution is 2.13. The molecule has 0 radical (unpaired) electrons. The molecule has 1 unspecified atom stereocenters. The normalized spacial score (nSPS) is 22.8. The molecule has 1 aromatic rings. The van der Waals surface area contributed by atoms with E-state index in [9.17, 15) is 4.79 Å². The van der Waals surface area contributed by atoms with Gasteiger partial charge < -0.3 is 20.1 Å². The third-order valence-corrected chi connectivity index (χ3v) is 2.98. The molecule has 2 rings (SSSR count). The van der Waals surface area contributed by atoms with Crippen molar-refractivity contribution in [2.24, 2.45) is 0 Å². The molecule has 0 bridgehead atoms. The number of hydrogen-bond acceptors (Lipinski definition) is 6. The molecule has 2 atom stereocenters. The topological polar surface area (TPSA) is 72.5 Å². The summed E-state index contributed by atoms with van der Waals surface area (Å²) in [5.41, 5.74) is 0.481. The first-order valence-electron chi connectivity index (χ1n) is 5.79. The summed E-state index contributed by atoms with van der Waals surface area (Å²) in [6.45, 7) is 1.62. The van der Waals surface area contributed by atoms with E-state index >= 15 is 0 Å². The van der Waals surface area contributed by atoms with Crippen molar-refractivity contribution in [1.29, 1.82) is 0 Å². The highest BCUT2D eigenvalue weighted by molar-refractivity contribution is 5.89. The van der Waals surface area contributed by atoms with Crippen molar-refractivity contribution in [2.75, 3.05) is 32.6 Å². The number of aromatic nitrogens is 1. The molecule has 18 heavy (non-hydrogen) atoms. The van der Waals surface area contributed by atoms with Crippen molar-refractivity contribution < 1.29 is 14.3 Å². The Morgan fingerprint density at radius 2 is 2.33 bits per heavy atom. The van der Waals surface area contributed by atoms with Crippen LogP contribution < -0.4 is 10.6 Å². The predicted octanol–water partition coefficient (Wildman–Crippen LogP) is 0.267. The van der Waals surface area contributed by atoms with Crippen LogP contribution in [0, 0.1) is 0 Å². The van der Waals surface area contributed by atoms with Crippen LogP contribution in [0.15, 0.2) is 18.3 Å². The van der Waals surface area contributed by atoms with Crippen LogP contribution in [0.5, 0.6) is 0 Å². The number of carbonyl (C=O) groups excluding carboxylic acids is 1. The number of rotatable bonds is 4. The number of ether oxygens (including phenoxy) is 2. The van der Waals surface area contributed by atoms with Gasteiger partial charge in [0.15, 0.2) is 0 Å². The van der Waals surface area contributed by atoms with Gasteiger partial charge in [0, 0.05) is 26.4 Å². The summed E-state index contributed by atoms with van der Waals surface area (Å²) in [6, 6.07) is 3.45. The van der Waals surface area contributed by atoms with E-state index in [0.717, 1.165) is 13.1 Å². The first-order chi connectivity index (χ1) is 8.74. The molecule has 98 valence electrons. The highest BCUT2D eigenvalue weighted by Gasteiger charge is 2.26. The Morgan fingerprint density at radius 1 is 1.50 bits per heavy atom. The Hall–Kier alpha value is -1.66. The van der Waals surface area contributed by atoms with Crippen LogP contribution >= 0.6 is 0 Å². The number of esters is 1. The van der Waals surface area contributed by atoms with E-state index in [0.29, 0.717) is 11.4 Å². The lowest BCUT2D eigenvalue weighted by atomic mass is 10.2. The number of hydrogen-bond donors (Lipinski definition) is 2. The average Bonchev–Trinajstić information content (AvgIpc) is 2.85. The Balaban J connectivity index is 2.07. The van der Waals surface area contributed by atoms with Gasteiger partial charge in [0.2, 0.25) is 0 Å². The minimum atomic E-state index is -0.367. The number of pyridine rings is 1. The maximum atomic E-state index is 11.4. The fourth-order valence-electron chi connectivity index (χ4n) is 1.99. The molecule has 2 N–H and O–H groups in total. The molecule has 1 saturated heterocycles. The van der Waals surface area contributed by atoms with E-state index < -0.39 is 0 Å². The van der Waals surface area contributed by atoms with Crippen molar-refractivity contribution in [3.8, 4) is 0 Å². The summed E-state index contributed by atoms with van der Waals surface area (Å²) < 4.78 is 10.0. The van der Waals surface area contributed by atoms with Crippen molar-refractivity contribution in [1.82, 2.24) is 10.3 Å². The fourth-order valence-corrected chi connectivity index (χ4v) is 1.99. The molecule has 6 heteroatoms. The van der Waals surface area contributed by atoms with Crippen LogP contribution in [0.25, 0.3) is 0 Å². The number of nitrogens with one attached hydrogen (secondary N) is 2. The van der Waals surface area contributed by atoms with Gasteiger partial charge in [-0.2, -0.15) is 0 Å². The third kappa shape index (κ3) is 2.77. The molecule has 0 aliphatic carbocycles. The summed E-state index contributed by atoms with van der Waals surface area (Å²) in [6.07, 6.45) is 1.69. The van der Waals surface area contributed by atoms with Gasteiger partial charge in [-0.15, -0.1) is 0 Å². The second-order valence-corrected chi connectivity index (χ2v) is 4.10. The molecule has 1 aromatic heterocycles. The molecule has 1 aliphatic heterocycles. The van der Waals surface area contributed by atoms with Gasteiger partial charge in [0.1, 0.15) is 5.82 Å². The minimum Gasteiger partial charge on any atom is -0.465 e. The van der Waals surface area contributed by atoms with Gasteiger partial charge in [0.25, 0.3) is 0 Å². The fraction of sp³-hybridized carbons (Fsp3) is 0.500. The molecule has 2 heterocycles. The zero-order chi connectivity index (χ0) is 13.0. The Kier molecular flexibility index (Phi) is 4.11. The average molecular weight is 251 g/mol. The van der Waals surface area contributed by atoms with Gasteiger partial charge in [-0.05, 0) is 12.1 Å². The Labute approximate surface area is 106 Å². The number of nitrogens with zero attached hydrogens (tertiary/aromatic N) is 1. The summed E-state index contributed by atoms with van der Waals surface area (Å²) in [5, 5.41) is 6.49. The van der Waals surface area contributed by atoms with Crippen LogP contribution in [-0.4, -0.2) is 50.4 Å². The quantitative estimate of drug-likeness (QED) is 0.748. The minimum absolute atomic E-state index is 0.105. The van der Waals surface area contributed by atoms with Gasteiger partial charge in [-0.3, -0.25) is 0 Å². The van der Waals surface area contributed by atoms with Gasteiger partial charge in [-0.25, -0.2) is 9.78 Å². The Morgan fingerprint density at radius 3 is 3.06 bits per heavy atom. The summed E-state index contributed by atoms with van der Waals surface area (Å²) in [5.74, 6) is 0.280. The smallest absolute Gasteiger partial charge is 0.338 e. The van der Waals surface area contributed by atoms with Crippen molar-refractivity contribution in [3.63, 3.8) is 0 Å². The second kappa shape index (κ2) is 5.79. The molecule has 0 aromatic carbocycles. The molecule has 1 fully saturated rings. The summed E-state index contributed by atoms with van der Waals surface area (Å²) >= 11 is 0. The number of methoxy groups -OCH3 is 2. The first kappa shape index (κ1) is 12.8. The van der Waals surface area contributed by atoms with Crippen LogP contribution in [-0.2, 0) is 9.47 Å². The first-order valence-corrected chi connectivity index (χ1v) is 5.79. The van der Waals surface area contributed by atoms with Crippen LogP contribution in [0.1, 0.15) is 10.4 Å². The van der Waals surface area contributed by atoms with Gasteiger partial charge in [-0.1, -0.05) is 0 Å². The lowest BCUT2D eigenvalue weighted by Crippen LogP contribution is -2.33. The zero-order valence-electron chi connectivity index (χ0n) is 10.5. The third-order valence-electron chi connectivity index (χ3n) is 2.98. The second-order valence-electron chi connectivity index (χ2n) is 4.10. The number of anilines is 1. The highest BCUT2D eigenvalue weighted by atomic mass is 16.5. The molecule has 6 nitrogen and oxygen atoms in total. The van der Waals surface area contributed by atoms with Crippen molar-refractivity contribution in [3.05, 3.63) is 23.9 Å². The SMILES string of the molecule is COC(=O)c1ccnc(NC2CNC[C@@H]2OC)c1. The van der Waals surface area contributed by atoms with Crippen molar-refractivity contribution in [2.45, 2.75) is 12.1 Å². The standard InChI is InChI=1S/C12H17N3O3/c1-17-10-7-13-6-9(10)15-11-5-8(3-4-14-11)12(16)18-2/h3-5,9-10,13H,6-7H2,1-2H3,(H,14,15)/t9?,10-/m0/s1. The molecule has 0 amide bonds. The predicted molar refractivity (Wildman–Crippen MR) is 66.7 cm³/mol. The molecule has 0 saturated carbocycles. The van der Waals surface area contributed by atoms with Gasteiger partial charge >= 0.3 is 5.97 Å². The lowest BCUT2D eigenvalue weighted by Gasteiger charge is -2.19. The van der Waals surface area contributed by atoms with Crippen molar-refractivity contribution >= 4 is 11.8 Å². The zero-order valence-corrected chi connectivity index (χ0v) is 10.5. The van der Waals surface area contributed by atoms with E-state index in [4.69, 9.17) is 4.74 Å². The number of carbonyl (C=O) groups is 1. The summed E-state index contributed by atoms with van der Waals surface area (Å²) in [7, 11) is 3.04. The largest absolute Gasteiger partial charge is 0.465 e. The molecule has 1 aliphatic rings.